The average Bonchev–Trinajstić information content (AvgIpc) is 2.26. The largest absolute Gasteiger partial charge is 0.481 e. The fourth-order valence-electron chi connectivity index (χ4n) is 2.10. The molecule has 3 heteroatoms. The van der Waals surface area contributed by atoms with Gasteiger partial charge in [-0.05, 0) is 28.9 Å². The number of rotatable bonds is 5. The molecule has 0 heterocycles. The van der Waals surface area contributed by atoms with Gasteiger partial charge in [0.1, 0.15) is 0 Å². The van der Waals surface area contributed by atoms with E-state index in [1.165, 1.54) is 5.56 Å². The second-order valence-corrected chi connectivity index (χ2v) is 6.33. The Labute approximate surface area is 115 Å². The molecule has 0 radical (unpaired) electrons. The molecule has 0 saturated heterocycles. The fraction of sp³-hybridized carbons (Fsp3) is 0.562. The van der Waals surface area contributed by atoms with Crippen molar-refractivity contribution in [2.45, 2.75) is 52.1 Å². The summed E-state index contributed by atoms with van der Waals surface area (Å²) >= 11 is 0. The standard InChI is InChI=1S/C16H24O3/c1-11(10-15(18)19)9-14(17)12-5-7-13(8-6-12)16(2,3)4/h5-8,11,14,17H,9-10H2,1-4H3,(H,18,19). The molecule has 2 atom stereocenters. The summed E-state index contributed by atoms with van der Waals surface area (Å²) in [6, 6.07) is 7.91. The van der Waals surface area contributed by atoms with E-state index in [4.69, 9.17) is 5.11 Å². The molecular weight excluding hydrogens is 240 g/mol. The minimum Gasteiger partial charge on any atom is -0.481 e. The van der Waals surface area contributed by atoms with E-state index in [1.807, 2.05) is 31.2 Å². The summed E-state index contributed by atoms with van der Waals surface area (Å²) in [6.07, 6.45) is -0.0263. The van der Waals surface area contributed by atoms with Gasteiger partial charge in [0, 0.05) is 6.42 Å². The van der Waals surface area contributed by atoms with Gasteiger partial charge in [-0.25, -0.2) is 0 Å². The normalized spacial score (nSPS) is 15.0. The number of aliphatic carboxylic acids is 1. The minimum atomic E-state index is -0.817. The van der Waals surface area contributed by atoms with Crippen LogP contribution in [0.5, 0.6) is 0 Å². The molecule has 19 heavy (non-hydrogen) atoms. The lowest BCUT2D eigenvalue weighted by molar-refractivity contribution is -0.138. The van der Waals surface area contributed by atoms with Gasteiger partial charge >= 0.3 is 5.97 Å². The van der Waals surface area contributed by atoms with E-state index in [1.54, 1.807) is 0 Å². The molecule has 1 aromatic carbocycles. The molecule has 2 N–H and O–H groups in total. The average molecular weight is 264 g/mol. The summed E-state index contributed by atoms with van der Waals surface area (Å²) in [5.74, 6) is -0.849. The predicted molar refractivity (Wildman–Crippen MR) is 76.1 cm³/mol. The molecule has 0 spiro atoms. The molecule has 2 unspecified atom stereocenters. The SMILES string of the molecule is CC(CC(=O)O)CC(O)c1ccc(C(C)(C)C)cc1. The Morgan fingerprint density at radius 3 is 2.16 bits per heavy atom. The van der Waals surface area contributed by atoms with Crippen LogP contribution in [0.2, 0.25) is 0 Å². The van der Waals surface area contributed by atoms with Gasteiger partial charge in [-0.3, -0.25) is 4.79 Å². The molecule has 0 bridgehead atoms. The zero-order chi connectivity index (χ0) is 14.6. The van der Waals surface area contributed by atoms with Crippen LogP contribution in [0.4, 0.5) is 0 Å². The van der Waals surface area contributed by atoms with Crippen LogP contribution in [0.3, 0.4) is 0 Å². The molecule has 0 fully saturated rings. The number of carbonyl (C=O) groups is 1. The van der Waals surface area contributed by atoms with Gasteiger partial charge in [0.2, 0.25) is 0 Å². The lowest BCUT2D eigenvalue weighted by atomic mass is 9.86. The van der Waals surface area contributed by atoms with E-state index in [2.05, 4.69) is 20.8 Å². The summed E-state index contributed by atoms with van der Waals surface area (Å²) in [7, 11) is 0. The Morgan fingerprint density at radius 2 is 1.74 bits per heavy atom. The molecule has 1 rings (SSSR count). The smallest absolute Gasteiger partial charge is 0.303 e. The van der Waals surface area contributed by atoms with Crippen molar-refractivity contribution in [3.05, 3.63) is 35.4 Å². The third-order valence-corrected chi connectivity index (χ3v) is 3.31. The Morgan fingerprint density at radius 1 is 1.21 bits per heavy atom. The van der Waals surface area contributed by atoms with Gasteiger partial charge in [-0.15, -0.1) is 0 Å². The summed E-state index contributed by atoms with van der Waals surface area (Å²) in [5.41, 5.74) is 2.17. The first-order valence-corrected chi connectivity index (χ1v) is 6.70. The summed E-state index contributed by atoms with van der Waals surface area (Å²) < 4.78 is 0. The van der Waals surface area contributed by atoms with Crippen molar-refractivity contribution in [2.75, 3.05) is 0 Å². The number of carboxylic acid groups (broad SMARTS) is 1. The maximum absolute atomic E-state index is 10.6. The van der Waals surface area contributed by atoms with Crippen LogP contribution in [0, 0.1) is 5.92 Å². The molecule has 0 amide bonds. The maximum atomic E-state index is 10.6. The molecule has 0 aliphatic heterocycles. The molecular formula is C16H24O3. The van der Waals surface area contributed by atoms with Crippen LogP contribution in [-0.2, 0) is 10.2 Å². The predicted octanol–water partition coefficient (Wildman–Crippen LogP) is 3.52. The van der Waals surface area contributed by atoms with Gasteiger partial charge in [-0.2, -0.15) is 0 Å². The Kier molecular flexibility index (Phi) is 5.12. The topological polar surface area (TPSA) is 57.5 Å². The van der Waals surface area contributed by atoms with Crippen molar-refractivity contribution in [3.8, 4) is 0 Å². The molecule has 3 nitrogen and oxygen atoms in total. The number of benzene rings is 1. The third kappa shape index (κ3) is 5.03. The third-order valence-electron chi connectivity index (χ3n) is 3.31. The zero-order valence-corrected chi connectivity index (χ0v) is 12.2. The van der Waals surface area contributed by atoms with Gasteiger partial charge in [0.25, 0.3) is 0 Å². The van der Waals surface area contributed by atoms with Crippen molar-refractivity contribution in [1.82, 2.24) is 0 Å². The maximum Gasteiger partial charge on any atom is 0.303 e. The van der Waals surface area contributed by atoms with Crippen molar-refractivity contribution in [2.24, 2.45) is 5.92 Å². The van der Waals surface area contributed by atoms with E-state index in [9.17, 15) is 9.90 Å². The van der Waals surface area contributed by atoms with Crippen LogP contribution >= 0.6 is 0 Å². The van der Waals surface area contributed by atoms with Crippen LogP contribution in [0.1, 0.15) is 57.8 Å². The molecule has 106 valence electrons. The second kappa shape index (κ2) is 6.20. The van der Waals surface area contributed by atoms with Gasteiger partial charge in [0.05, 0.1) is 6.10 Å². The van der Waals surface area contributed by atoms with Crippen LogP contribution < -0.4 is 0 Å². The van der Waals surface area contributed by atoms with E-state index in [0.29, 0.717) is 6.42 Å². The lowest BCUT2D eigenvalue weighted by Crippen LogP contribution is -2.12. The van der Waals surface area contributed by atoms with Crippen molar-refractivity contribution < 1.29 is 15.0 Å². The Hall–Kier alpha value is -1.35. The highest BCUT2D eigenvalue weighted by Gasteiger charge is 2.17. The van der Waals surface area contributed by atoms with Crippen LogP contribution in [0.25, 0.3) is 0 Å². The lowest BCUT2D eigenvalue weighted by Gasteiger charge is -2.20. The number of carboxylic acids is 1. The number of hydrogen-bond donors (Lipinski definition) is 2. The second-order valence-electron chi connectivity index (χ2n) is 6.33. The first kappa shape index (κ1) is 15.7. The zero-order valence-electron chi connectivity index (χ0n) is 12.2. The highest BCUT2D eigenvalue weighted by atomic mass is 16.4. The van der Waals surface area contributed by atoms with Gasteiger partial charge in [0.15, 0.2) is 0 Å². The molecule has 1 aromatic rings. The van der Waals surface area contributed by atoms with Crippen molar-refractivity contribution in [1.29, 1.82) is 0 Å². The summed E-state index contributed by atoms with van der Waals surface area (Å²) in [5, 5.41) is 18.8. The Bertz CT molecular complexity index is 415. The summed E-state index contributed by atoms with van der Waals surface area (Å²) in [6.45, 7) is 8.29. The van der Waals surface area contributed by atoms with Gasteiger partial charge in [-0.1, -0.05) is 52.0 Å². The van der Waals surface area contributed by atoms with E-state index >= 15 is 0 Å². The number of aliphatic hydroxyl groups is 1. The van der Waals surface area contributed by atoms with Crippen molar-refractivity contribution >= 4 is 5.97 Å². The first-order valence-electron chi connectivity index (χ1n) is 6.70. The monoisotopic (exact) mass is 264 g/mol. The van der Waals surface area contributed by atoms with E-state index in [-0.39, 0.29) is 17.8 Å². The summed E-state index contributed by atoms with van der Waals surface area (Å²) in [4.78, 5) is 10.6. The van der Waals surface area contributed by atoms with Crippen LogP contribution in [0.15, 0.2) is 24.3 Å². The highest BCUT2D eigenvalue weighted by Crippen LogP contribution is 2.27. The quantitative estimate of drug-likeness (QED) is 0.855. The highest BCUT2D eigenvalue weighted by molar-refractivity contribution is 5.66. The fourth-order valence-corrected chi connectivity index (χ4v) is 2.10. The number of hydrogen-bond acceptors (Lipinski definition) is 2. The minimum absolute atomic E-state index is 0.0326. The van der Waals surface area contributed by atoms with Crippen molar-refractivity contribution in [3.63, 3.8) is 0 Å². The van der Waals surface area contributed by atoms with E-state index in [0.717, 1.165) is 5.56 Å². The molecule has 0 saturated carbocycles. The van der Waals surface area contributed by atoms with Crippen LogP contribution in [-0.4, -0.2) is 16.2 Å². The molecule has 0 aliphatic carbocycles. The van der Waals surface area contributed by atoms with E-state index < -0.39 is 12.1 Å². The van der Waals surface area contributed by atoms with Gasteiger partial charge < -0.3 is 10.2 Å². The molecule has 0 aliphatic rings. The molecule has 0 aromatic heterocycles. The Balaban J connectivity index is 2.68. The first-order chi connectivity index (χ1) is 8.70. The number of aliphatic hydroxyl groups excluding tert-OH is 1.